The summed E-state index contributed by atoms with van der Waals surface area (Å²) in [5, 5.41) is 0. The summed E-state index contributed by atoms with van der Waals surface area (Å²) in [4.78, 5) is 43.7. The zero-order chi connectivity index (χ0) is 28.7. The monoisotopic (exact) mass is 563 g/mol. The summed E-state index contributed by atoms with van der Waals surface area (Å²) in [6, 6.07) is 0. The van der Waals surface area contributed by atoms with Gasteiger partial charge in [0.2, 0.25) is 17.9 Å². The van der Waals surface area contributed by atoms with Crippen LogP contribution in [0.2, 0.25) is 0 Å². The second-order valence-electron chi connectivity index (χ2n) is 8.01. The molecule has 0 radical (unpaired) electrons. The van der Waals surface area contributed by atoms with Gasteiger partial charge < -0.3 is 24.7 Å². The maximum atomic E-state index is 15.4. The average molecular weight is 563 g/mol. The normalized spacial score (nSPS) is 22.9. The molecule has 1 aliphatic heterocycles. The van der Waals surface area contributed by atoms with Crippen LogP contribution >= 0.6 is 0 Å². The Labute approximate surface area is 207 Å². The van der Waals surface area contributed by atoms with Gasteiger partial charge in [0.25, 0.3) is 0 Å². The number of nitrogens with two attached hydrogens (primary N) is 1. The van der Waals surface area contributed by atoms with Gasteiger partial charge in [0.1, 0.15) is 6.10 Å². The van der Waals surface area contributed by atoms with E-state index in [2.05, 4.69) is 14.7 Å². The molecule has 0 aliphatic carbocycles. The van der Waals surface area contributed by atoms with Crippen LogP contribution in [0.5, 0.6) is 5.88 Å². The first-order valence-electron chi connectivity index (χ1n) is 10.6. The van der Waals surface area contributed by atoms with Crippen molar-refractivity contribution in [2.45, 2.75) is 69.9 Å². The Morgan fingerprint density at radius 3 is 2.26 bits per heavy atom. The largest absolute Gasteiger partial charge is 0.479 e. The molecular weight excluding hydrogens is 543 g/mol. The fourth-order valence-electron chi connectivity index (χ4n) is 3.89. The van der Waals surface area contributed by atoms with Crippen LogP contribution in [0.4, 0.5) is 36.7 Å². The van der Waals surface area contributed by atoms with Gasteiger partial charge in [-0.25, -0.2) is 13.8 Å². The highest BCUT2D eigenvalue weighted by atomic mass is 19.4. The lowest BCUT2D eigenvalue weighted by molar-refractivity contribution is -0.252. The summed E-state index contributed by atoms with van der Waals surface area (Å²) >= 11 is 0. The smallest absolute Gasteiger partial charge is 0.428 e. The number of methoxy groups -OCH3 is 1. The van der Waals surface area contributed by atoms with Crippen LogP contribution in [-0.4, -0.2) is 75.0 Å². The SMILES string of the molecule is COc1nc(N)nc2c1n(CCC(F)(F)F)c(=O)n2[C@@H]1O[C@H](C(OC(C)=O)C(F)(F)F)[C@H](F)[C@H]1OC(C)=O. The van der Waals surface area contributed by atoms with Crippen molar-refractivity contribution in [2.24, 2.45) is 0 Å². The second kappa shape index (κ2) is 10.3. The van der Waals surface area contributed by atoms with Crippen LogP contribution in [0, 0.1) is 0 Å². The van der Waals surface area contributed by atoms with Gasteiger partial charge in [-0.2, -0.15) is 36.3 Å². The van der Waals surface area contributed by atoms with E-state index < -0.39 is 96.7 Å². The Hall–Kier alpha value is -3.64. The summed E-state index contributed by atoms with van der Waals surface area (Å²) in [6.07, 6.45) is -24.9. The van der Waals surface area contributed by atoms with Crippen LogP contribution in [0.15, 0.2) is 4.79 Å². The van der Waals surface area contributed by atoms with Gasteiger partial charge in [-0.15, -0.1) is 0 Å². The number of carbonyl (C=O) groups is 2. The lowest BCUT2D eigenvalue weighted by atomic mass is 10.1. The Morgan fingerprint density at radius 2 is 1.76 bits per heavy atom. The minimum absolute atomic E-state index is 0.369. The number of hydrogen-bond acceptors (Lipinski definition) is 10. The van der Waals surface area contributed by atoms with Gasteiger partial charge in [-0.3, -0.25) is 14.2 Å². The molecule has 5 atom stereocenters. The predicted octanol–water partition coefficient (Wildman–Crippen LogP) is 1.80. The summed E-state index contributed by atoms with van der Waals surface area (Å²) in [6.45, 7) is 0.358. The number of aromatic nitrogens is 4. The van der Waals surface area contributed by atoms with Crippen LogP contribution in [0.25, 0.3) is 11.2 Å². The van der Waals surface area contributed by atoms with E-state index in [-0.39, 0.29) is 0 Å². The summed E-state index contributed by atoms with van der Waals surface area (Å²) in [5.74, 6) is -3.74. The van der Waals surface area contributed by atoms with Crippen molar-refractivity contribution in [1.29, 1.82) is 0 Å². The zero-order valence-corrected chi connectivity index (χ0v) is 19.7. The second-order valence-corrected chi connectivity index (χ2v) is 8.01. The van der Waals surface area contributed by atoms with E-state index in [1.807, 2.05) is 0 Å². The van der Waals surface area contributed by atoms with Crippen molar-refractivity contribution in [3.63, 3.8) is 0 Å². The maximum Gasteiger partial charge on any atom is 0.428 e. The van der Waals surface area contributed by atoms with E-state index in [9.17, 15) is 40.7 Å². The third kappa shape index (κ3) is 5.76. The molecule has 3 rings (SSSR count). The van der Waals surface area contributed by atoms with Crippen molar-refractivity contribution >= 4 is 29.1 Å². The van der Waals surface area contributed by atoms with Crippen LogP contribution in [0.1, 0.15) is 26.5 Å². The number of rotatable bonds is 7. The molecule has 12 nitrogen and oxygen atoms in total. The van der Waals surface area contributed by atoms with E-state index in [1.165, 1.54) is 0 Å². The van der Waals surface area contributed by atoms with E-state index in [0.717, 1.165) is 14.0 Å². The average Bonchev–Trinajstić information content (AvgIpc) is 3.21. The molecule has 1 fully saturated rings. The molecule has 2 aromatic heterocycles. The molecule has 0 amide bonds. The molecule has 0 aromatic carbocycles. The van der Waals surface area contributed by atoms with Gasteiger partial charge in [-0.1, -0.05) is 0 Å². The first kappa shape index (κ1) is 28.9. The number of halogens is 7. The van der Waals surface area contributed by atoms with Gasteiger partial charge in [0, 0.05) is 20.4 Å². The quantitative estimate of drug-likeness (QED) is 0.390. The molecule has 1 aliphatic rings. The molecular formula is C19H20F7N5O7. The standard InChI is InChI=1S/C19H20F7N5O7/c1-6(32)36-11-8(20)10(12(19(24,25)26)37-7(2)33)38-15(11)31-13-9(14(35-3)29-16(27)28-13)30(17(31)34)5-4-18(21,22)23/h8,10-12,15H,4-5H2,1-3H3,(H2,27,28,29)/t8-,10-,11+,12?,15+/m0/s1. The number of hydrogen-bond donors (Lipinski definition) is 1. The fourth-order valence-corrected chi connectivity index (χ4v) is 3.89. The molecule has 19 heteroatoms. The minimum atomic E-state index is -5.38. The van der Waals surface area contributed by atoms with Crippen molar-refractivity contribution < 1.29 is 59.3 Å². The Bertz CT molecular complexity index is 1280. The molecule has 38 heavy (non-hydrogen) atoms. The molecule has 2 N–H and O–H groups in total. The maximum absolute atomic E-state index is 15.4. The summed E-state index contributed by atoms with van der Waals surface area (Å²) < 4.78 is 115. The van der Waals surface area contributed by atoms with Crippen LogP contribution in [0.3, 0.4) is 0 Å². The third-order valence-electron chi connectivity index (χ3n) is 5.27. The number of ether oxygens (including phenoxy) is 4. The van der Waals surface area contributed by atoms with Gasteiger partial charge in [-0.05, 0) is 0 Å². The first-order valence-corrected chi connectivity index (χ1v) is 10.6. The van der Waals surface area contributed by atoms with Crippen molar-refractivity contribution in [3.8, 4) is 5.88 Å². The molecule has 2 aromatic rings. The van der Waals surface area contributed by atoms with Crippen molar-refractivity contribution in [1.82, 2.24) is 19.1 Å². The van der Waals surface area contributed by atoms with E-state index in [4.69, 9.17) is 19.9 Å². The number of esters is 2. The number of nitrogens with zero attached hydrogens (tertiary/aromatic N) is 4. The summed E-state index contributed by atoms with van der Waals surface area (Å²) in [7, 11) is 1.03. The molecule has 212 valence electrons. The third-order valence-corrected chi connectivity index (χ3v) is 5.27. The number of anilines is 1. The van der Waals surface area contributed by atoms with Gasteiger partial charge in [0.15, 0.2) is 29.7 Å². The highest BCUT2D eigenvalue weighted by molar-refractivity contribution is 5.78. The number of imidazole rings is 1. The Balaban J connectivity index is 2.25. The summed E-state index contributed by atoms with van der Waals surface area (Å²) in [5.41, 5.74) is 3.11. The minimum Gasteiger partial charge on any atom is -0.479 e. The lowest BCUT2D eigenvalue weighted by Crippen LogP contribution is -2.47. The molecule has 1 saturated heterocycles. The Kier molecular flexibility index (Phi) is 7.81. The van der Waals surface area contributed by atoms with Gasteiger partial charge in [0.05, 0.1) is 13.5 Å². The predicted molar refractivity (Wildman–Crippen MR) is 109 cm³/mol. The number of aryl methyl sites for hydroxylation is 1. The van der Waals surface area contributed by atoms with E-state index >= 15 is 4.39 Å². The van der Waals surface area contributed by atoms with Crippen LogP contribution in [-0.2, 0) is 30.3 Å². The lowest BCUT2D eigenvalue weighted by Gasteiger charge is -2.26. The number of fused-ring (bicyclic) bond motifs is 1. The number of alkyl halides is 7. The van der Waals surface area contributed by atoms with E-state index in [0.29, 0.717) is 16.1 Å². The zero-order valence-electron chi connectivity index (χ0n) is 19.7. The highest BCUT2D eigenvalue weighted by Gasteiger charge is 2.60. The van der Waals surface area contributed by atoms with Gasteiger partial charge >= 0.3 is 30.0 Å². The fraction of sp³-hybridized carbons (Fsp3) is 0.632. The first-order chi connectivity index (χ1) is 17.5. The molecule has 1 unspecified atom stereocenters. The Morgan fingerprint density at radius 1 is 1.13 bits per heavy atom. The van der Waals surface area contributed by atoms with E-state index in [1.54, 1.807) is 0 Å². The molecule has 0 spiro atoms. The number of nitrogen functional groups attached to an aromatic ring is 1. The molecule has 3 heterocycles. The van der Waals surface area contributed by atoms with Crippen molar-refractivity contribution in [3.05, 3.63) is 10.5 Å². The highest BCUT2D eigenvalue weighted by Crippen LogP contribution is 2.41. The molecule has 0 bridgehead atoms. The van der Waals surface area contributed by atoms with Crippen molar-refractivity contribution in [2.75, 3.05) is 12.8 Å². The van der Waals surface area contributed by atoms with Crippen LogP contribution < -0.4 is 16.2 Å². The topological polar surface area (TPSA) is 150 Å². The molecule has 0 saturated carbocycles. The number of carbonyl (C=O) groups excluding carboxylic acids is 2.